The molecule has 29 heavy (non-hydrogen) atoms. The fourth-order valence-corrected chi connectivity index (χ4v) is 3.90. The van der Waals surface area contributed by atoms with E-state index in [1.807, 2.05) is 36.4 Å². The third-order valence-electron chi connectivity index (χ3n) is 5.24. The zero-order chi connectivity index (χ0) is 20.3. The molecule has 4 rings (SSSR count). The van der Waals surface area contributed by atoms with E-state index in [0.717, 1.165) is 11.2 Å². The smallest absolute Gasteiger partial charge is 0.442 e. The Morgan fingerprint density at radius 1 is 0.897 bits per heavy atom. The third kappa shape index (κ3) is 3.84. The van der Waals surface area contributed by atoms with Crippen LogP contribution in [0.15, 0.2) is 85.1 Å². The lowest BCUT2D eigenvalue weighted by atomic mass is 9.86. The number of esters is 1. The minimum Gasteiger partial charge on any atom is -0.457 e. The first-order chi connectivity index (χ1) is 14.1. The van der Waals surface area contributed by atoms with Crippen LogP contribution in [0, 0.1) is 10.6 Å². The minimum atomic E-state index is -1.10. The largest absolute Gasteiger partial charge is 0.457 e. The van der Waals surface area contributed by atoms with E-state index in [2.05, 4.69) is 24.3 Å². The molecule has 1 aromatic heterocycles. The molecule has 6 heteroatoms. The zero-order valence-corrected chi connectivity index (χ0v) is 16.4. The Bertz CT molecular complexity index is 1040. The summed E-state index contributed by atoms with van der Waals surface area (Å²) in [5.41, 5.74) is 2.13. The van der Waals surface area contributed by atoms with Crippen molar-refractivity contribution in [2.75, 3.05) is 6.61 Å². The number of hydrogen-bond donors (Lipinski definition) is 0. The number of rotatable bonds is 5. The zero-order valence-electron chi connectivity index (χ0n) is 15.6. The Kier molecular flexibility index (Phi) is 5.27. The van der Waals surface area contributed by atoms with Gasteiger partial charge in [-0.15, -0.1) is 0 Å². The summed E-state index contributed by atoms with van der Waals surface area (Å²) in [6, 6.07) is 25.2. The first-order valence-electron chi connectivity index (χ1n) is 9.29. The number of aromatic nitrogens is 1. The second kappa shape index (κ2) is 8.01. The summed E-state index contributed by atoms with van der Waals surface area (Å²) in [7, 11) is 0. The molecule has 1 atom stereocenters. The number of carbonyl (C=O) groups is 2. The van der Waals surface area contributed by atoms with Crippen molar-refractivity contribution in [1.29, 1.82) is 0 Å². The average molecular weight is 405 g/mol. The molecule has 146 valence electrons. The van der Waals surface area contributed by atoms with Crippen LogP contribution in [-0.2, 0) is 19.7 Å². The van der Waals surface area contributed by atoms with Crippen LogP contribution in [0.5, 0.6) is 0 Å². The molecule has 1 heterocycles. The summed E-state index contributed by atoms with van der Waals surface area (Å²) >= 11 is 5.05. The van der Waals surface area contributed by atoms with Crippen LogP contribution in [0.1, 0.15) is 17.5 Å². The standard InChI is InChI=1S/C23H19NO4S/c25-21(22(26)28-24-14-8-7-13-20(24)29)27-16-19-15-23(19,17-9-3-1-4-10-17)18-11-5-2-6-12-18/h1-14,19H,15-16H2. The molecule has 0 radical (unpaired) electrons. The molecule has 0 bridgehead atoms. The van der Waals surface area contributed by atoms with E-state index >= 15 is 0 Å². The van der Waals surface area contributed by atoms with E-state index < -0.39 is 11.9 Å². The molecular weight excluding hydrogens is 386 g/mol. The molecule has 1 unspecified atom stereocenters. The van der Waals surface area contributed by atoms with Crippen LogP contribution in [0.2, 0.25) is 0 Å². The fourth-order valence-electron chi connectivity index (χ4n) is 3.73. The van der Waals surface area contributed by atoms with Crippen molar-refractivity contribution in [1.82, 2.24) is 4.73 Å². The van der Waals surface area contributed by atoms with Crippen molar-refractivity contribution in [3.8, 4) is 0 Å². The maximum atomic E-state index is 12.1. The Morgan fingerprint density at radius 2 is 1.48 bits per heavy atom. The Balaban J connectivity index is 1.44. The number of nitrogens with zero attached hydrogens (tertiary/aromatic N) is 1. The lowest BCUT2D eigenvalue weighted by Gasteiger charge is -2.19. The summed E-state index contributed by atoms with van der Waals surface area (Å²) in [5, 5.41) is 0. The highest BCUT2D eigenvalue weighted by atomic mass is 32.1. The van der Waals surface area contributed by atoms with Gasteiger partial charge in [0.2, 0.25) is 0 Å². The monoisotopic (exact) mass is 405 g/mol. The molecule has 1 aliphatic carbocycles. The second-order valence-electron chi connectivity index (χ2n) is 6.95. The van der Waals surface area contributed by atoms with Crippen LogP contribution in [-0.4, -0.2) is 23.3 Å². The highest BCUT2D eigenvalue weighted by Gasteiger charge is 2.56. The van der Waals surface area contributed by atoms with Gasteiger partial charge in [0.25, 0.3) is 0 Å². The summed E-state index contributed by atoms with van der Waals surface area (Å²) in [5.74, 6) is -2.04. The number of pyridine rings is 1. The quantitative estimate of drug-likeness (QED) is 0.368. The molecule has 0 aliphatic heterocycles. The average Bonchev–Trinajstić information content (AvgIpc) is 3.50. The van der Waals surface area contributed by atoms with Gasteiger partial charge in [0.05, 0.1) is 6.61 Å². The number of ether oxygens (including phenoxy) is 1. The lowest BCUT2D eigenvalue weighted by Crippen LogP contribution is -2.30. The highest BCUT2D eigenvalue weighted by molar-refractivity contribution is 7.71. The van der Waals surface area contributed by atoms with Gasteiger partial charge in [-0.05, 0) is 29.7 Å². The van der Waals surface area contributed by atoms with Crippen LogP contribution >= 0.6 is 12.2 Å². The van der Waals surface area contributed by atoms with Crippen molar-refractivity contribution >= 4 is 24.2 Å². The number of hydrogen-bond acceptors (Lipinski definition) is 5. The Labute approximate surface area is 173 Å². The van der Waals surface area contributed by atoms with Gasteiger partial charge >= 0.3 is 11.9 Å². The van der Waals surface area contributed by atoms with E-state index in [9.17, 15) is 9.59 Å². The van der Waals surface area contributed by atoms with E-state index in [-0.39, 0.29) is 22.6 Å². The van der Waals surface area contributed by atoms with E-state index in [1.165, 1.54) is 17.3 Å². The molecule has 1 aliphatic rings. The Hall–Kier alpha value is -3.25. The maximum absolute atomic E-state index is 12.1. The molecule has 0 saturated heterocycles. The fraction of sp³-hybridized carbons (Fsp3) is 0.174. The van der Waals surface area contributed by atoms with Gasteiger partial charge < -0.3 is 9.57 Å². The number of carbonyl (C=O) groups excluding carboxylic acids is 2. The van der Waals surface area contributed by atoms with Gasteiger partial charge in [0, 0.05) is 17.5 Å². The molecule has 1 saturated carbocycles. The van der Waals surface area contributed by atoms with Gasteiger partial charge in [-0.25, -0.2) is 9.59 Å². The van der Waals surface area contributed by atoms with Crippen molar-refractivity contribution < 1.29 is 19.2 Å². The molecule has 1 fully saturated rings. The SMILES string of the molecule is O=C(OCC1CC1(c1ccccc1)c1ccccc1)C(=O)On1ccccc1=S. The highest BCUT2D eigenvalue weighted by Crippen LogP contribution is 2.58. The van der Waals surface area contributed by atoms with Crippen molar-refractivity contribution in [2.45, 2.75) is 11.8 Å². The van der Waals surface area contributed by atoms with Gasteiger partial charge in [-0.2, -0.15) is 4.73 Å². The predicted molar refractivity (Wildman–Crippen MR) is 110 cm³/mol. The summed E-state index contributed by atoms with van der Waals surface area (Å²) in [6.45, 7) is 0.137. The Morgan fingerprint density at radius 3 is 2.07 bits per heavy atom. The van der Waals surface area contributed by atoms with Gasteiger partial charge in [-0.3, -0.25) is 0 Å². The van der Waals surface area contributed by atoms with Gasteiger partial charge in [0.15, 0.2) is 0 Å². The topological polar surface area (TPSA) is 57.5 Å². The molecule has 5 nitrogen and oxygen atoms in total. The third-order valence-corrected chi connectivity index (χ3v) is 5.55. The second-order valence-corrected chi connectivity index (χ2v) is 7.36. The van der Waals surface area contributed by atoms with E-state index in [4.69, 9.17) is 21.8 Å². The lowest BCUT2D eigenvalue weighted by molar-refractivity contribution is -0.168. The number of benzene rings is 2. The van der Waals surface area contributed by atoms with E-state index in [0.29, 0.717) is 0 Å². The normalized spacial score (nSPS) is 16.6. The van der Waals surface area contributed by atoms with Crippen molar-refractivity contribution in [2.24, 2.45) is 5.92 Å². The molecule has 2 aromatic carbocycles. The van der Waals surface area contributed by atoms with Crippen molar-refractivity contribution in [3.63, 3.8) is 0 Å². The summed E-state index contributed by atoms with van der Waals surface area (Å²) < 4.78 is 6.62. The molecular formula is C23H19NO4S. The first-order valence-corrected chi connectivity index (χ1v) is 9.70. The first kappa shape index (κ1) is 19.1. The van der Waals surface area contributed by atoms with Crippen LogP contribution < -0.4 is 4.84 Å². The minimum absolute atomic E-state index is 0.0861. The summed E-state index contributed by atoms with van der Waals surface area (Å²) in [4.78, 5) is 29.1. The van der Waals surface area contributed by atoms with Crippen LogP contribution in [0.4, 0.5) is 0 Å². The van der Waals surface area contributed by atoms with Gasteiger partial charge in [0.1, 0.15) is 4.64 Å². The van der Waals surface area contributed by atoms with Crippen LogP contribution in [0.3, 0.4) is 0 Å². The van der Waals surface area contributed by atoms with Gasteiger partial charge in [-0.1, -0.05) is 78.9 Å². The van der Waals surface area contributed by atoms with Crippen molar-refractivity contribution in [3.05, 3.63) is 101 Å². The molecule has 0 amide bonds. The molecule has 0 N–H and O–H groups in total. The molecule has 3 aromatic rings. The van der Waals surface area contributed by atoms with E-state index in [1.54, 1.807) is 18.2 Å². The summed E-state index contributed by atoms with van der Waals surface area (Å²) in [6.07, 6.45) is 2.30. The van der Waals surface area contributed by atoms with Crippen LogP contribution in [0.25, 0.3) is 0 Å². The molecule has 0 spiro atoms. The maximum Gasteiger partial charge on any atom is 0.442 e. The predicted octanol–water partition coefficient (Wildman–Crippen LogP) is 3.72.